The van der Waals surface area contributed by atoms with Gasteiger partial charge in [0.1, 0.15) is 5.60 Å². The van der Waals surface area contributed by atoms with E-state index in [1.807, 2.05) is 0 Å². The average Bonchev–Trinajstić information content (AvgIpc) is 2.12. The molecule has 5 nitrogen and oxygen atoms in total. The number of ether oxygens (including phenoxy) is 2. The van der Waals surface area contributed by atoms with Crippen molar-refractivity contribution >= 4 is 11.9 Å². The maximum absolute atomic E-state index is 10.9. The van der Waals surface area contributed by atoms with E-state index in [1.54, 1.807) is 0 Å². The number of carbonyl (C=O) groups is 2. The van der Waals surface area contributed by atoms with Crippen LogP contribution in [-0.2, 0) is 19.1 Å². The lowest BCUT2D eigenvalue weighted by molar-refractivity contribution is -0.217. The largest absolute Gasteiger partial charge is 0.422 e. The normalized spacial score (nSPS) is 20.5. The molecule has 13 heavy (non-hydrogen) atoms. The van der Waals surface area contributed by atoms with Gasteiger partial charge in [0, 0.05) is 0 Å². The lowest BCUT2D eigenvalue weighted by atomic mass is 10.1. The standard InChI is InChI=1S/C8H12O5/c1-8(2,11)7-12-5(9)3-4-6(10)13-7/h7,11H,3-4H2,1-2H3. The van der Waals surface area contributed by atoms with Crippen LogP contribution in [0.5, 0.6) is 0 Å². The number of rotatable bonds is 1. The molecule has 74 valence electrons. The van der Waals surface area contributed by atoms with Crippen molar-refractivity contribution in [3.05, 3.63) is 0 Å². The number of esters is 2. The molecule has 1 fully saturated rings. The van der Waals surface area contributed by atoms with Crippen LogP contribution < -0.4 is 0 Å². The Morgan fingerprint density at radius 2 is 1.62 bits per heavy atom. The predicted molar refractivity (Wildman–Crippen MR) is 41.5 cm³/mol. The fraction of sp³-hybridized carbons (Fsp3) is 0.750. The smallest absolute Gasteiger partial charge is 0.309 e. The lowest BCUT2D eigenvalue weighted by Crippen LogP contribution is -2.41. The summed E-state index contributed by atoms with van der Waals surface area (Å²) in [7, 11) is 0. The van der Waals surface area contributed by atoms with E-state index in [0.29, 0.717) is 0 Å². The maximum Gasteiger partial charge on any atom is 0.309 e. The van der Waals surface area contributed by atoms with E-state index >= 15 is 0 Å². The van der Waals surface area contributed by atoms with Crippen molar-refractivity contribution in [3.63, 3.8) is 0 Å². The van der Waals surface area contributed by atoms with Crippen LogP contribution >= 0.6 is 0 Å². The van der Waals surface area contributed by atoms with Gasteiger partial charge in [0.15, 0.2) is 0 Å². The number of cyclic esters (lactones) is 2. The molecule has 0 atom stereocenters. The van der Waals surface area contributed by atoms with Crippen LogP contribution in [0.2, 0.25) is 0 Å². The SMILES string of the molecule is CC(C)(O)C1OC(=O)CCC(=O)O1. The summed E-state index contributed by atoms with van der Waals surface area (Å²) < 4.78 is 9.43. The van der Waals surface area contributed by atoms with Crippen LogP contribution in [0, 0.1) is 0 Å². The maximum atomic E-state index is 10.9. The Morgan fingerprint density at radius 1 is 1.23 bits per heavy atom. The summed E-state index contributed by atoms with van der Waals surface area (Å²) in [5, 5.41) is 9.45. The van der Waals surface area contributed by atoms with E-state index in [2.05, 4.69) is 0 Å². The summed E-state index contributed by atoms with van der Waals surface area (Å²) in [5.41, 5.74) is -1.37. The van der Waals surface area contributed by atoms with Crippen molar-refractivity contribution in [3.8, 4) is 0 Å². The Labute approximate surface area is 75.6 Å². The number of aliphatic hydroxyl groups is 1. The highest BCUT2D eigenvalue weighted by molar-refractivity contribution is 5.79. The Morgan fingerprint density at radius 3 is 1.92 bits per heavy atom. The molecule has 0 spiro atoms. The van der Waals surface area contributed by atoms with E-state index in [4.69, 9.17) is 9.47 Å². The molecule has 0 amide bonds. The summed E-state index contributed by atoms with van der Waals surface area (Å²) in [4.78, 5) is 21.8. The van der Waals surface area contributed by atoms with E-state index in [9.17, 15) is 14.7 Å². The molecule has 1 rings (SSSR count). The van der Waals surface area contributed by atoms with Crippen LogP contribution in [0.4, 0.5) is 0 Å². The topological polar surface area (TPSA) is 72.8 Å². The molecule has 1 heterocycles. The third-order valence-electron chi connectivity index (χ3n) is 1.59. The Balaban J connectivity index is 2.73. The van der Waals surface area contributed by atoms with Crippen LogP contribution in [0.3, 0.4) is 0 Å². The van der Waals surface area contributed by atoms with Gasteiger partial charge in [-0.1, -0.05) is 0 Å². The molecular weight excluding hydrogens is 176 g/mol. The first-order valence-electron chi connectivity index (χ1n) is 4.01. The lowest BCUT2D eigenvalue weighted by Gasteiger charge is -2.26. The molecule has 0 radical (unpaired) electrons. The van der Waals surface area contributed by atoms with E-state index < -0.39 is 23.8 Å². The highest BCUT2D eigenvalue weighted by atomic mass is 16.7. The van der Waals surface area contributed by atoms with Gasteiger partial charge in [-0.15, -0.1) is 0 Å². The fourth-order valence-corrected chi connectivity index (χ4v) is 0.873. The van der Waals surface area contributed by atoms with Crippen molar-refractivity contribution < 1.29 is 24.2 Å². The van der Waals surface area contributed by atoms with E-state index in [0.717, 1.165) is 0 Å². The first-order valence-corrected chi connectivity index (χ1v) is 4.01. The van der Waals surface area contributed by atoms with Crippen LogP contribution in [-0.4, -0.2) is 28.9 Å². The first-order chi connectivity index (χ1) is 5.89. The quantitative estimate of drug-likeness (QED) is 0.585. The Kier molecular flexibility index (Phi) is 2.56. The van der Waals surface area contributed by atoms with Gasteiger partial charge in [-0.3, -0.25) is 9.59 Å². The van der Waals surface area contributed by atoms with Crippen molar-refractivity contribution in [1.82, 2.24) is 0 Å². The van der Waals surface area contributed by atoms with Gasteiger partial charge in [-0.2, -0.15) is 0 Å². The zero-order valence-electron chi connectivity index (χ0n) is 7.57. The molecule has 5 heteroatoms. The summed E-state index contributed by atoms with van der Waals surface area (Å²) >= 11 is 0. The van der Waals surface area contributed by atoms with Crippen LogP contribution in [0.25, 0.3) is 0 Å². The summed E-state index contributed by atoms with van der Waals surface area (Å²) in [5.74, 6) is -1.06. The van der Waals surface area contributed by atoms with Crippen molar-refractivity contribution in [2.45, 2.75) is 38.6 Å². The second-order valence-electron chi connectivity index (χ2n) is 3.47. The fourth-order valence-electron chi connectivity index (χ4n) is 0.873. The monoisotopic (exact) mass is 188 g/mol. The minimum Gasteiger partial charge on any atom is -0.422 e. The number of hydrogen-bond acceptors (Lipinski definition) is 5. The highest BCUT2D eigenvalue weighted by Crippen LogP contribution is 2.18. The molecule has 1 aliphatic rings. The van der Waals surface area contributed by atoms with Crippen molar-refractivity contribution in [2.75, 3.05) is 0 Å². The van der Waals surface area contributed by atoms with E-state index in [1.165, 1.54) is 13.8 Å². The minimum atomic E-state index is -1.37. The molecule has 0 aromatic carbocycles. The summed E-state index contributed by atoms with van der Waals surface area (Å²) in [6.07, 6.45) is -1.19. The number of hydrogen-bond donors (Lipinski definition) is 1. The molecule has 1 saturated heterocycles. The molecule has 0 aliphatic carbocycles. The highest BCUT2D eigenvalue weighted by Gasteiger charge is 2.36. The van der Waals surface area contributed by atoms with Gasteiger partial charge < -0.3 is 14.6 Å². The average molecular weight is 188 g/mol. The first kappa shape index (κ1) is 9.98. The molecule has 1 N–H and O–H groups in total. The third kappa shape index (κ3) is 2.69. The molecule has 1 aliphatic heterocycles. The minimum absolute atomic E-state index is 0.00537. The van der Waals surface area contributed by atoms with Crippen molar-refractivity contribution in [1.29, 1.82) is 0 Å². The van der Waals surface area contributed by atoms with E-state index in [-0.39, 0.29) is 12.8 Å². The Hall–Kier alpha value is -1.10. The Bertz CT molecular complexity index is 209. The van der Waals surface area contributed by atoms with Gasteiger partial charge >= 0.3 is 11.9 Å². The van der Waals surface area contributed by atoms with Gasteiger partial charge in [0.05, 0.1) is 12.8 Å². The zero-order valence-corrected chi connectivity index (χ0v) is 7.57. The van der Waals surface area contributed by atoms with Crippen LogP contribution in [0.1, 0.15) is 26.7 Å². The van der Waals surface area contributed by atoms with Crippen molar-refractivity contribution in [2.24, 2.45) is 0 Å². The predicted octanol–water partition coefficient (Wildman–Crippen LogP) is -0.0364. The molecule has 0 aromatic rings. The van der Waals surface area contributed by atoms with Crippen LogP contribution in [0.15, 0.2) is 0 Å². The second-order valence-corrected chi connectivity index (χ2v) is 3.47. The molecule has 0 aromatic heterocycles. The molecular formula is C8H12O5. The van der Waals surface area contributed by atoms with Gasteiger partial charge in [-0.05, 0) is 13.8 Å². The summed E-state index contributed by atoms with van der Waals surface area (Å²) in [6.45, 7) is 2.81. The van der Waals surface area contributed by atoms with Gasteiger partial charge in [-0.25, -0.2) is 0 Å². The number of carbonyl (C=O) groups excluding carboxylic acids is 2. The summed E-state index contributed by atoms with van der Waals surface area (Å²) in [6, 6.07) is 0. The molecule has 0 saturated carbocycles. The molecule has 0 unspecified atom stereocenters. The molecule has 0 bridgehead atoms. The van der Waals surface area contributed by atoms with Gasteiger partial charge in [0.25, 0.3) is 6.29 Å². The third-order valence-corrected chi connectivity index (χ3v) is 1.59. The second kappa shape index (κ2) is 3.33. The van der Waals surface area contributed by atoms with Gasteiger partial charge in [0.2, 0.25) is 0 Å². The zero-order chi connectivity index (χ0) is 10.1.